The fourth-order valence-corrected chi connectivity index (χ4v) is 2.85. The summed E-state index contributed by atoms with van der Waals surface area (Å²) < 4.78 is 26.8. The lowest BCUT2D eigenvalue weighted by Crippen LogP contribution is -2.23. The molecule has 0 unspecified atom stereocenters. The van der Waals surface area contributed by atoms with Crippen LogP contribution in [0.5, 0.6) is 0 Å². The third-order valence-electron chi connectivity index (χ3n) is 1.48. The van der Waals surface area contributed by atoms with Gasteiger partial charge in [0, 0.05) is 5.88 Å². The maximum atomic E-state index is 11.7. The average molecular weight is 229 g/mol. The molecule has 13 heavy (non-hydrogen) atoms. The van der Waals surface area contributed by atoms with Crippen LogP contribution >= 0.6 is 19.4 Å². The molecule has 0 bridgehead atoms. The minimum atomic E-state index is -3.33. The Kier molecular flexibility index (Phi) is 4.20. The molecule has 78 valence electrons. The quantitative estimate of drug-likeness (QED) is 0.550. The highest BCUT2D eigenvalue weighted by molar-refractivity contribution is 7.48. The highest BCUT2D eigenvalue weighted by atomic mass is 35.5. The Morgan fingerprint density at radius 1 is 1.69 bits per heavy atom. The van der Waals surface area contributed by atoms with E-state index in [9.17, 15) is 4.57 Å². The van der Waals surface area contributed by atoms with Gasteiger partial charge in [0.25, 0.3) is 0 Å². The van der Waals surface area contributed by atoms with Crippen molar-refractivity contribution >= 4 is 19.4 Å². The van der Waals surface area contributed by atoms with Gasteiger partial charge in [0.15, 0.2) is 0 Å². The molecule has 0 radical (unpaired) electrons. The van der Waals surface area contributed by atoms with E-state index in [0.29, 0.717) is 18.9 Å². The van der Waals surface area contributed by atoms with Crippen LogP contribution in [0, 0.1) is 0 Å². The Hall–Kier alpha value is 0.400. The van der Waals surface area contributed by atoms with E-state index in [4.69, 9.17) is 25.2 Å². The summed E-state index contributed by atoms with van der Waals surface area (Å²) in [6.07, 6.45) is 0.259. The lowest BCUT2D eigenvalue weighted by atomic mass is 10.3. The molecule has 0 N–H and O–H groups in total. The van der Waals surface area contributed by atoms with Crippen molar-refractivity contribution in [2.75, 3.05) is 12.5 Å². The van der Waals surface area contributed by atoms with Gasteiger partial charge in [0.05, 0.1) is 18.8 Å². The molecular formula is C7H14ClO4P. The van der Waals surface area contributed by atoms with Gasteiger partial charge in [-0.25, -0.2) is 4.57 Å². The van der Waals surface area contributed by atoms with Crippen molar-refractivity contribution in [3.05, 3.63) is 0 Å². The Labute approximate surface area is 83.1 Å². The van der Waals surface area contributed by atoms with Crippen molar-refractivity contribution in [3.63, 3.8) is 0 Å². The number of hydrogen-bond donors (Lipinski definition) is 0. The number of halogens is 1. The van der Waals surface area contributed by atoms with Crippen LogP contribution in [0.15, 0.2) is 0 Å². The van der Waals surface area contributed by atoms with Gasteiger partial charge in [0.1, 0.15) is 0 Å². The molecule has 2 atom stereocenters. The molecule has 0 aliphatic carbocycles. The molecule has 0 aromatic rings. The molecule has 4 nitrogen and oxygen atoms in total. The first-order valence-corrected chi connectivity index (χ1v) is 6.22. The molecule has 0 spiro atoms. The third kappa shape index (κ3) is 3.56. The van der Waals surface area contributed by atoms with Crippen molar-refractivity contribution in [3.8, 4) is 0 Å². The summed E-state index contributed by atoms with van der Waals surface area (Å²) in [6.45, 7) is 3.93. The SMILES string of the molecule is CC(C)O[P@]1(=O)OCC[C@@H](CCl)O1. The van der Waals surface area contributed by atoms with Crippen LogP contribution in [0.2, 0.25) is 0 Å². The van der Waals surface area contributed by atoms with Crippen LogP contribution in [-0.2, 0) is 18.1 Å². The predicted molar refractivity (Wildman–Crippen MR) is 50.0 cm³/mol. The van der Waals surface area contributed by atoms with E-state index < -0.39 is 7.82 Å². The maximum absolute atomic E-state index is 11.7. The van der Waals surface area contributed by atoms with Gasteiger partial charge in [-0.3, -0.25) is 13.6 Å². The summed E-state index contributed by atoms with van der Waals surface area (Å²) in [5.41, 5.74) is 0. The normalized spacial score (nSPS) is 35.2. The molecule has 0 aromatic carbocycles. The second-order valence-corrected chi connectivity index (χ2v) is 4.99. The van der Waals surface area contributed by atoms with E-state index in [0.717, 1.165) is 0 Å². The van der Waals surface area contributed by atoms with Crippen molar-refractivity contribution in [1.82, 2.24) is 0 Å². The highest BCUT2D eigenvalue weighted by Gasteiger charge is 2.35. The lowest BCUT2D eigenvalue weighted by molar-refractivity contribution is 0.0263. The summed E-state index contributed by atoms with van der Waals surface area (Å²) in [7, 11) is -3.33. The van der Waals surface area contributed by atoms with Gasteiger partial charge in [0.2, 0.25) is 0 Å². The van der Waals surface area contributed by atoms with E-state index in [2.05, 4.69) is 0 Å². The average Bonchev–Trinajstić information content (AvgIpc) is 2.02. The molecule has 6 heteroatoms. The van der Waals surface area contributed by atoms with Gasteiger partial charge in [-0.05, 0) is 20.3 Å². The Bertz CT molecular complexity index is 209. The molecule has 1 aliphatic heterocycles. The molecular weight excluding hydrogens is 214 g/mol. The molecule has 1 saturated heterocycles. The van der Waals surface area contributed by atoms with Crippen LogP contribution in [0.3, 0.4) is 0 Å². The minimum Gasteiger partial charge on any atom is -0.287 e. The van der Waals surface area contributed by atoms with Crippen molar-refractivity contribution in [1.29, 1.82) is 0 Å². The molecule has 1 rings (SSSR count). The van der Waals surface area contributed by atoms with Gasteiger partial charge in [-0.15, -0.1) is 11.6 Å². The van der Waals surface area contributed by atoms with Crippen molar-refractivity contribution in [2.24, 2.45) is 0 Å². The largest absolute Gasteiger partial charge is 0.475 e. The van der Waals surface area contributed by atoms with Crippen LogP contribution in [0.4, 0.5) is 0 Å². The Morgan fingerprint density at radius 3 is 2.92 bits per heavy atom. The molecule has 1 fully saturated rings. The summed E-state index contributed by atoms with van der Waals surface area (Å²) in [5.74, 6) is 0.314. The smallest absolute Gasteiger partial charge is 0.287 e. The number of phosphoric ester groups is 1. The van der Waals surface area contributed by atoms with E-state index in [-0.39, 0.29) is 12.2 Å². The first-order valence-electron chi connectivity index (χ1n) is 4.23. The van der Waals surface area contributed by atoms with Gasteiger partial charge in [-0.2, -0.15) is 0 Å². The topological polar surface area (TPSA) is 44.8 Å². The summed E-state index contributed by atoms with van der Waals surface area (Å²) in [6, 6.07) is 0. The van der Waals surface area contributed by atoms with Crippen LogP contribution < -0.4 is 0 Å². The van der Waals surface area contributed by atoms with Crippen molar-refractivity contribution in [2.45, 2.75) is 32.5 Å². The van der Waals surface area contributed by atoms with Crippen LogP contribution in [-0.4, -0.2) is 24.7 Å². The fourth-order valence-electron chi connectivity index (χ4n) is 0.980. The van der Waals surface area contributed by atoms with E-state index in [1.54, 1.807) is 13.8 Å². The first kappa shape index (κ1) is 11.5. The van der Waals surface area contributed by atoms with Crippen LogP contribution in [0.1, 0.15) is 20.3 Å². The van der Waals surface area contributed by atoms with Crippen molar-refractivity contribution < 1.29 is 18.1 Å². The van der Waals surface area contributed by atoms with Crippen LogP contribution in [0.25, 0.3) is 0 Å². The zero-order valence-corrected chi connectivity index (χ0v) is 9.38. The summed E-state index contributed by atoms with van der Waals surface area (Å²) >= 11 is 5.59. The first-order chi connectivity index (χ1) is 6.06. The summed E-state index contributed by atoms with van der Waals surface area (Å²) in [5, 5.41) is 0. The lowest BCUT2D eigenvalue weighted by Gasteiger charge is -2.28. The second-order valence-electron chi connectivity index (χ2n) is 3.10. The maximum Gasteiger partial charge on any atom is 0.475 e. The zero-order valence-electron chi connectivity index (χ0n) is 7.73. The Balaban J connectivity index is 2.52. The van der Waals surface area contributed by atoms with E-state index in [1.807, 2.05) is 0 Å². The fraction of sp³-hybridized carbons (Fsp3) is 1.00. The number of rotatable bonds is 3. The molecule has 1 aliphatic rings. The standard InChI is InChI=1S/C7H14ClO4P/c1-6(2)11-13(9)10-4-3-7(5-8)12-13/h6-7H,3-5H2,1-2H3/t7-,13-/m0/s1. The summed E-state index contributed by atoms with van der Waals surface area (Å²) in [4.78, 5) is 0. The van der Waals surface area contributed by atoms with E-state index in [1.165, 1.54) is 0 Å². The van der Waals surface area contributed by atoms with Gasteiger partial charge < -0.3 is 0 Å². The van der Waals surface area contributed by atoms with E-state index >= 15 is 0 Å². The molecule has 0 aromatic heterocycles. The number of phosphoric acid groups is 1. The number of hydrogen-bond acceptors (Lipinski definition) is 4. The molecule has 0 saturated carbocycles. The predicted octanol–water partition coefficient (Wildman–Crippen LogP) is 2.56. The third-order valence-corrected chi connectivity index (χ3v) is 3.56. The number of alkyl halides is 1. The zero-order chi connectivity index (χ0) is 9.90. The monoisotopic (exact) mass is 228 g/mol. The van der Waals surface area contributed by atoms with Gasteiger partial charge >= 0.3 is 7.82 Å². The van der Waals surface area contributed by atoms with Gasteiger partial charge in [-0.1, -0.05) is 0 Å². The second kappa shape index (κ2) is 4.76. The molecule has 0 amide bonds. The highest BCUT2D eigenvalue weighted by Crippen LogP contribution is 2.54. The minimum absolute atomic E-state index is 0.181. The molecule has 1 heterocycles. The Morgan fingerprint density at radius 2 is 2.38 bits per heavy atom.